The summed E-state index contributed by atoms with van der Waals surface area (Å²) in [5, 5.41) is 16.5. The van der Waals surface area contributed by atoms with E-state index in [0.29, 0.717) is 64.3 Å². The number of hydrogen-bond acceptors (Lipinski definition) is 9. The molecule has 0 aliphatic rings. The van der Waals surface area contributed by atoms with E-state index in [9.17, 15) is 38.4 Å². The van der Waals surface area contributed by atoms with E-state index in [1.165, 1.54) is 4.90 Å². The fraction of sp³-hybridized carbons (Fsp3) is 0.758. The van der Waals surface area contributed by atoms with Gasteiger partial charge in [-0.05, 0) is 64.2 Å². The third kappa shape index (κ3) is 24.9. The normalized spacial score (nSPS) is 11.9. The lowest BCUT2D eigenvalue weighted by molar-refractivity contribution is -0.130. The highest BCUT2D eigenvalue weighted by molar-refractivity contribution is 6.16. The van der Waals surface area contributed by atoms with Crippen LogP contribution in [0.2, 0.25) is 0 Å². The predicted octanol–water partition coefficient (Wildman–Crippen LogP) is -1.36. The molecule has 2 atom stereocenters. The molecular weight excluding hydrogens is 680 g/mol. The van der Waals surface area contributed by atoms with Crippen molar-refractivity contribution in [2.75, 3.05) is 26.2 Å². The van der Waals surface area contributed by atoms with Gasteiger partial charge in [0.2, 0.25) is 73.3 Å². The molecule has 0 saturated carbocycles. The maximum Gasteiger partial charge on any atom is 0.242 e. The number of unbranched alkanes of at least 4 members (excludes halogenated alkanes) is 6. The quantitative estimate of drug-likeness (QED) is 0.0330. The van der Waals surface area contributed by atoms with E-state index in [0.717, 1.165) is 19.3 Å². The van der Waals surface area contributed by atoms with Crippen LogP contribution in [0.5, 0.6) is 0 Å². The summed E-state index contributed by atoms with van der Waals surface area (Å²) in [6, 6.07) is -1.79. The fourth-order valence-corrected chi connectivity index (χ4v) is 5.30. The van der Waals surface area contributed by atoms with Gasteiger partial charge in [-0.15, -0.1) is 0 Å². The Morgan fingerprint density at radius 2 is 0.981 bits per heavy atom. The van der Waals surface area contributed by atoms with E-state index < -0.39 is 29.8 Å². The Balaban J connectivity index is 5.09. The number of rotatable bonds is 31. The van der Waals surface area contributed by atoms with Gasteiger partial charge in [0.15, 0.2) is 0 Å². The highest BCUT2D eigenvalue weighted by atomic mass is 16.2. The molecule has 0 heterocycles. The van der Waals surface area contributed by atoms with Crippen LogP contribution in [-0.4, -0.2) is 122 Å². The minimum atomic E-state index is -0.980. The number of carbonyl (C=O) groups excluding carboxylic acids is 8. The number of nitrogens with zero attached hydrogens (tertiary/aromatic N) is 1. The third-order valence-corrected chi connectivity index (χ3v) is 8.44. The van der Waals surface area contributed by atoms with Crippen molar-refractivity contribution in [3.05, 3.63) is 0 Å². The molecule has 0 unspecified atom stereocenters. The molecule has 8 radical (unpaired) electrons. The van der Waals surface area contributed by atoms with Crippen LogP contribution < -0.4 is 36.9 Å². The zero-order valence-corrected chi connectivity index (χ0v) is 31.4. The number of carbonyl (C=O) groups is 8. The lowest BCUT2D eigenvalue weighted by Gasteiger charge is -2.29. The monoisotopic (exact) mass is 736 g/mol. The smallest absolute Gasteiger partial charge is 0.242 e. The molecule has 0 aromatic carbocycles. The van der Waals surface area contributed by atoms with E-state index in [1.54, 1.807) is 0 Å². The Kier molecular flexibility index (Phi) is 28.4. The molecule has 0 aliphatic carbocycles. The van der Waals surface area contributed by atoms with Crippen molar-refractivity contribution in [1.82, 2.24) is 41.8 Å². The number of ketones is 1. The molecule has 0 fully saturated rings. The van der Waals surface area contributed by atoms with E-state index in [4.69, 9.17) is 31.9 Å². The van der Waals surface area contributed by atoms with Crippen LogP contribution in [0, 0.1) is 5.92 Å². The van der Waals surface area contributed by atoms with Crippen molar-refractivity contribution in [2.45, 2.75) is 129 Å². The summed E-state index contributed by atoms with van der Waals surface area (Å²) in [4.78, 5) is 98.8. The second kappa shape index (κ2) is 30.6. The zero-order chi connectivity index (χ0) is 40.0. The van der Waals surface area contributed by atoms with Crippen LogP contribution in [0.25, 0.3) is 0 Å². The Morgan fingerprint density at radius 3 is 1.53 bits per heavy atom. The SMILES string of the molecule is [B]NC(=O)CCCCC(=O)NCCCC[C@H](NC(=O)CCCCCCC(=O)C(C)C)C(=O)NCCCC[C@H](C(=O)N[B])N(CC(=O)N[B])CC(=O)N[B]. The van der Waals surface area contributed by atoms with Gasteiger partial charge in [0.25, 0.3) is 0 Å². The zero-order valence-electron chi connectivity index (χ0n) is 31.4. The summed E-state index contributed by atoms with van der Waals surface area (Å²) in [5.74, 6) is -2.77. The first-order valence-corrected chi connectivity index (χ1v) is 18.4. The first kappa shape index (κ1) is 49.2. The summed E-state index contributed by atoms with van der Waals surface area (Å²) < 4.78 is 0. The highest BCUT2D eigenvalue weighted by Crippen LogP contribution is 2.12. The molecule has 16 nitrogen and oxygen atoms in total. The van der Waals surface area contributed by atoms with E-state index in [2.05, 4.69) is 16.0 Å². The lowest BCUT2D eigenvalue weighted by atomic mass is 10.0. The van der Waals surface area contributed by atoms with Crippen LogP contribution in [-0.2, 0) is 38.4 Å². The van der Waals surface area contributed by atoms with Gasteiger partial charge in [-0.2, -0.15) is 0 Å². The van der Waals surface area contributed by atoms with Gasteiger partial charge in [-0.3, -0.25) is 43.3 Å². The maximum atomic E-state index is 13.2. The van der Waals surface area contributed by atoms with Gasteiger partial charge in [-0.1, -0.05) is 26.7 Å². The van der Waals surface area contributed by atoms with Gasteiger partial charge >= 0.3 is 0 Å². The molecule has 53 heavy (non-hydrogen) atoms. The van der Waals surface area contributed by atoms with Crippen molar-refractivity contribution in [1.29, 1.82) is 0 Å². The minimum Gasteiger partial charge on any atom is -0.409 e. The molecule has 0 saturated heterocycles. The average Bonchev–Trinajstić information content (AvgIpc) is 3.14. The summed E-state index contributed by atoms with van der Waals surface area (Å²) in [6.45, 7) is 3.59. The van der Waals surface area contributed by atoms with Gasteiger partial charge in [0.1, 0.15) is 11.8 Å². The first-order valence-electron chi connectivity index (χ1n) is 18.4. The van der Waals surface area contributed by atoms with Gasteiger partial charge in [-0.25, -0.2) is 0 Å². The number of amides is 7. The van der Waals surface area contributed by atoms with Crippen LogP contribution in [0.15, 0.2) is 0 Å². The standard InChI is InChI=1S/C33H56B4N8O8/c1-23(2)26(46)15-5-3-4-6-17-28(48)40-24(13-9-11-19-38-27(47)16-7-8-18-29(49)41-34)32(52)39-20-12-10-14-25(33(53)44-37)45(21-30(50)42-35)22-31(51)43-36/h23-25H,3-22H2,1-2H3,(H,38,47)(H,39,52)(H,40,48)(H,41,49)(H,42,50)(H,43,51)(H,44,53)/t24-,25+/m0/s1. The molecule has 0 bridgehead atoms. The third-order valence-electron chi connectivity index (χ3n) is 8.44. The van der Waals surface area contributed by atoms with Crippen LogP contribution in [0.1, 0.15) is 117 Å². The Morgan fingerprint density at radius 1 is 0.491 bits per heavy atom. The maximum absolute atomic E-state index is 13.2. The molecule has 0 spiro atoms. The largest absolute Gasteiger partial charge is 0.409 e. The van der Waals surface area contributed by atoms with E-state index in [-0.39, 0.29) is 80.6 Å². The lowest BCUT2D eigenvalue weighted by Crippen LogP contribution is -2.52. The molecule has 0 aromatic heterocycles. The summed E-state index contributed by atoms with van der Waals surface area (Å²) in [5.41, 5.74) is 0. The van der Waals surface area contributed by atoms with Gasteiger partial charge < -0.3 is 36.9 Å². The first-order chi connectivity index (χ1) is 25.3. The minimum absolute atomic E-state index is 0.00928. The van der Waals surface area contributed by atoms with Crippen molar-refractivity contribution in [2.24, 2.45) is 5.92 Å². The van der Waals surface area contributed by atoms with E-state index >= 15 is 0 Å². The van der Waals surface area contributed by atoms with Crippen molar-refractivity contribution in [3.63, 3.8) is 0 Å². The van der Waals surface area contributed by atoms with E-state index in [1.807, 2.05) is 34.8 Å². The molecule has 0 aromatic rings. The molecule has 20 heteroatoms. The fourth-order valence-electron chi connectivity index (χ4n) is 5.30. The second-order valence-corrected chi connectivity index (χ2v) is 13.1. The molecule has 7 N–H and O–H groups in total. The number of nitrogens with one attached hydrogen (secondary N) is 7. The molecule has 288 valence electrons. The molecule has 0 rings (SSSR count). The number of Topliss-reactive ketones (excluding diaryl/α,β-unsaturated/α-hetero) is 1. The topological polar surface area (TPSA) is 224 Å². The van der Waals surface area contributed by atoms with Crippen molar-refractivity contribution >= 4 is 79.1 Å². The highest BCUT2D eigenvalue weighted by Gasteiger charge is 2.28. The van der Waals surface area contributed by atoms with Gasteiger partial charge in [0, 0.05) is 44.7 Å². The molecule has 7 amide bonds. The molecular formula is C33H56B4N8O8. The second-order valence-electron chi connectivity index (χ2n) is 13.1. The average molecular weight is 736 g/mol. The van der Waals surface area contributed by atoms with Crippen molar-refractivity contribution < 1.29 is 38.4 Å². The van der Waals surface area contributed by atoms with Crippen LogP contribution in [0.3, 0.4) is 0 Å². The predicted molar refractivity (Wildman–Crippen MR) is 203 cm³/mol. The summed E-state index contributed by atoms with van der Waals surface area (Å²) in [7, 11) is 20.8. The summed E-state index contributed by atoms with van der Waals surface area (Å²) in [6.07, 6.45) is 7.78. The molecule has 0 aliphatic heterocycles. The van der Waals surface area contributed by atoms with Crippen molar-refractivity contribution in [3.8, 4) is 0 Å². The van der Waals surface area contributed by atoms with Gasteiger partial charge in [0.05, 0.1) is 19.1 Å². The summed E-state index contributed by atoms with van der Waals surface area (Å²) >= 11 is 0. The number of hydrogen-bond donors (Lipinski definition) is 7. The van der Waals surface area contributed by atoms with Crippen LogP contribution >= 0.6 is 0 Å². The Bertz CT molecular complexity index is 1150. The Hall–Kier alpha value is -3.82. The van der Waals surface area contributed by atoms with Crippen LogP contribution in [0.4, 0.5) is 0 Å². The Labute approximate surface area is 319 Å².